The van der Waals surface area contributed by atoms with Crippen LogP contribution < -0.4 is 5.32 Å². The number of para-hydroxylation sites is 1. The number of aromatic nitrogens is 1. The first-order valence-corrected chi connectivity index (χ1v) is 8.32. The van der Waals surface area contributed by atoms with Crippen molar-refractivity contribution >= 4 is 35.9 Å². The Hall–Kier alpha value is -1.65. The molecule has 7 heteroatoms. The van der Waals surface area contributed by atoms with Gasteiger partial charge in [-0.15, -0.1) is 9.24 Å². The Morgan fingerprint density at radius 2 is 2.09 bits per heavy atom. The molecule has 2 atom stereocenters. The number of alkyl halides is 3. The van der Waals surface area contributed by atoms with E-state index < -0.39 is 12.3 Å². The van der Waals surface area contributed by atoms with E-state index in [1.54, 1.807) is 0 Å². The van der Waals surface area contributed by atoms with Gasteiger partial charge in [0.25, 0.3) is 6.43 Å². The zero-order chi connectivity index (χ0) is 16.8. The molecule has 122 valence electrons. The summed E-state index contributed by atoms with van der Waals surface area (Å²) in [4.78, 5) is 4.38. The van der Waals surface area contributed by atoms with Crippen LogP contribution in [-0.2, 0) is 0 Å². The molecule has 0 spiro atoms. The van der Waals surface area contributed by atoms with E-state index in [2.05, 4.69) is 16.9 Å². The lowest BCUT2D eigenvalue weighted by Crippen LogP contribution is -2.01. The summed E-state index contributed by atoms with van der Waals surface area (Å²) in [6, 6.07) is 7.59. The van der Waals surface area contributed by atoms with Crippen LogP contribution in [0.2, 0.25) is 0 Å². The molecular formula is C16H16F3N2PS. The number of anilines is 1. The molecule has 0 aliphatic carbocycles. The monoisotopic (exact) mass is 356 g/mol. The number of benzene rings is 1. The molecule has 2 unspecified atom stereocenters. The highest BCUT2D eigenvalue weighted by Gasteiger charge is 2.11. The van der Waals surface area contributed by atoms with Crippen molar-refractivity contribution in [2.75, 3.05) is 5.32 Å². The molecule has 0 radical (unpaired) electrons. The highest BCUT2D eigenvalue weighted by atomic mass is 32.1. The smallest absolute Gasteiger partial charge is 0.263 e. The van der Waals surface area contributed by atoms with E-state index in [0.717, 1.165) is 10.2 Å². The molecule has 0 aliphatic heterocycles. The van der Waals surface area contributed by atoms with Crippen LogP contribution in [0.5, 0.6) is 0 Å². The van der Waals surface area contributed by atoms with Crippen molar-refractivity contribution in [3.63, 3.8) is 0 Å². The molecule has 2 aromatic rings. The van der Waals surface area contributed by atoms with E-state index >= 15 is 0 Å². The topological polar surface area (TPSA) is 24.9 Å². The second kappa shape index (κ2) is 8.27. The third kappa shape index (κ3) is 5.19. The predicted octanol–water partition coefficient (Wildman–Crippen LogP) is 5.53. The molecule has 0 fully saturated rings. The quantitative estimate of drug-likeness (QED) is 0.521. The van der Waals surface area contributed by atoms with Crippen LogP contribution in [-0.4, -0.2) is 17.3 Å². The summed E-state index contributed by atoms with van der Waals surface area (Å²) in [6.07, 6.45) is 1.09. The highest BCUT2D eigenvalue weighted by molar-refractivity contribution is 7.22. The minimum absolute atomic E-state index is 0.0909. The van der Waals surface area contributed by atoms with Gasteiger partial charge in [-0.25, -0.2) is 18.2 Å². The van der Waals surface area contributed by atoms with Crippen LogP contribution in [0.1, 0.15) is 6.42 Å². The second-order valence-corrected chi connectivity index (χ2v) is 6.43. The number of nitrogens with one attached hydrogen (secondary N) is 1. The van der Waals surface area contributed by atoms with Crippen molar-refractivity contribution in [2.24, 2.45) is 0 Å². The van der Waals surface area contributed by atoms with E-state index in [1.165, 1.54) is 29.6 Å². The summed E-state index contributed by atoms with van der Waals surface area (Å²) in [5.41, 5.74) is 0.963. The Labute approximate surface area is 139 Å². The summed E-state index contributed by atoms with van der Waals surface area (Å²) < 4.78 is 39.9. The van der Waals surface area contributed by atoms with Crippen molar-refractivity contribution in [2.45, 2.75) is 18.8 Å². The molecule has 0 saturated heterocycles. The number of hydrogen-bond acceptors (Lipinski definition) is 3. The fourth-order valence-corrected chi connectivity index (χ4v) is 2.86. The van der Waals surface area contributed by atoms with E-state index in [-0.39, 0.29) is 12.0 Å². The first-order valence-electron chi connectivity index (χ1n) is 6.84. The third-order valence-electron chi connectivity index (χ3n) is 2.92. The van der Waals surface area contributed by atoms with Gasteiger partial charge in [-0.1, -0.05) is 36.1 Å². The lowest BCUT2D eigenvalue weighted by Gasteiger charge is -2.07. The van der Waals surface area contributed by atoms with E-state index in [1.807, 2.05) is 33.5 Å². The van der Waals surface area contributed by atoms with E-state index in [4.69, 9.17) is 0 Å². The molecule has 23 heavy (non-hydrogen) atoms. The van der Waals surface area contributed by atoms with Crippen LogP contribution in [0.3, 0.4) is 0 Å². The summed E-state index contributed by atoms with van der Waals surface area (Å²) in [5.74, 6) is -1.25. The van der Waals surface area contributed by atoms with Gasteiger partial charge in [0.05, 0.1) is 10.2 Å². The predicted molar refractivity (Wildman–Crippen MR) is 94.8 cm³/mol. The van der Waals surface area contributed by atoms with Gasteiger partial charge in [0, 0.05) is 17.7 Å². The van der Waals surface area contributed by atoms with Gasteiger partial charge in [0.1, 0.15) is 5.91 Å². The van der Waals surface area contributed by atoms with Crippen LogP contribution in [0.25, 0.3) is 10.2 Å². The Morgan fingerprint density at radius 3 is 2.70 bits per heavy atom. The van der Waals surface area contributed by atoms with Crippen molar-refractivity contribution in [1.82, 2.24) is 4.98 Å². The molecular weight excluding hydrogens is 340 g/mol. The minimum Gasteiger partial charge on any atom is -0.332 e. The van der Waals surface area contributed by atoms with Gasteiger partial charge in [-0.05, 0) is 24.3 Å². The molecule has 1 aromatic carbocycles. The number of halogens is 3. The van der Waals surface area contributed by atoms with Crippen LogP contribution in [0.15, 0.2) is 60.3 Å². The normalized spacial score (nSPS) is 14.3. The van der Waals surface area contributed by atoms with Crippen molar-refractivity contribution < 1.29 is 13.2 Å². The molecule has 1 heterocycles. The van der Waals surface area contributed by atoms with Crippen LogP contribution >= 0.6 is 20.6 Å². The van der Waals surface area contributed by atoms with Gasteiger partial charge in [0.2, 0.25) is 0 Å². The van der Waals surface area contributed by atoms with Crippen LogP contribution in [0.4, 0.5) is 18.3 Å². The van der Waals surface area contributed by atoms with Gasteiger partial charge in [0.15, 0.2) is 5.13 Å². The zero-order valence-corrected chi connectivity index (χ0v) is 14.1. The number of fused-ring (bicyclic) bond motifs is 1. The van der Waals surface area contributed by atoms with Crippen molar-refractivity contribution in [3.05, 3.63) is 60.3 Å². The maximum Gasteiger partial charge on any atom is 0.263 e. The summed E-state index contributed by atoms with van der Waals surface area (Å²) in [6.45, 7) is 3.61. The zero-order valence-electron chi connectivity index (χ0n) is 12.2. The maximum atomic E-state index is 13.0. The first kappa shape index (κ1) is 17.7. The molecule has 2 nitrogen and oxygen atoms in total. The summed E-state index contributed by atoms with van der Waals surface area (Å²) in [5, 5.41) is 3.55. The molecule has 1 N–H and O–H groups in total. The lowest BCUT2D eigenvalue weighted by molar-refractivity contribution is 0.193. The standard InChI is InChI=1S/C16H16F3N2PS/c1-2-11(9-10(15(18)19)7-8-14(17)22)20-16-21-12-5-3-4-6-13(12)23-16/h2-7,9,14-15H,1,8,22H2,(H,20,21)/b10-7+,11-9+. The number of hydrogen-bond donors (Lipinski definition) is 1. The fraction of sp³-hybridized carbons (Fsp3) is 0.188. The Morgan fingerprint density at radius 1 is 1.35 bits per heavy atom. The SMILES string of the molecule is C=C/C(=C\C(=C/CC(F)P)C(F)F)Nc1nc2ccccc2s1. The van der Waals surface area contributed by atoms with Gasteiger partial charge < -0.3 is 5.32 Å². The number of nitrogens with zero attached hydrogens (tertiary/aromatic N) is 1. The largest absolute Gasteiger partial charge is 0.332 e. The Kier molecular flexibility index (Phi) is 6.37. The molecule has 0 aliphatic rings. The van der Waals surface area contributed by atoms with Crippen LogP contribution in [0, 0.1) is 0 Å². The van der Waals surface area contributed by atoms with E-state index in [0.29, 0.717) is 10.8 Å². The molecule has 0 amide bonds. The molecule has 0 bridgehead atoms. The van der Waals surface area contributed by atoms with Crippen molar-refractivity contribution in [3.8, 4) is 0 Å². The van der Waals surface area contributed by atoms with Gasteiger partial charge in [-0.3, -0.25) is 0 Å². The average Bonchev–Trinajstić information content (AvgIpc) is 2.91. The summed E-state index contributed by atoms with van der Waals surface area (Å²) in [7, 11) is 1.93. The van der Waals surface area contributed by atoms with Gasteiger partial charge >= 0.3 is 0 Å². The number of allylic oxidation sites excluding steroid dienone is 4. The van der Waals surface area contributed by atoms with E-state index in [9.17, 15) is 13.2 Å². The maximum absolute atomic E-state index is 13.0. The third-order valence-corrected chi connectivity index (χ3v) is 4.14. The second-order valence-electron chi connectivity index (χ2n) is 4.67. The highest BCUT2D eigenvalue weighted by Crippen LogP contribution is 2.27. The minimum atomic E-state index is -2.69. The molecule has 2 rings (SSSR count). The first-order chi connectivity index (χ1) is 11.0. The number of thiazole rings is 1. The molecule has 1 aromatic heterocycles. The van der Waals surface area contributed by atoms with Crippen molar-refractivity contribution in [1.29, 1.82) is 0 Å². The average molecular weight is 356 g/mol. The van der Waals surface area contributed by atoms with Gasteiger partial charge in [-0.2, -0.15) is 0 Å². The Balaban J connectivity index is 2.22. The number of rotatable bonds is 7. The fourth-order valence-electron chi connectivity index (χ4n) is 1.83. The lowest BCUT2D eigenvalue weighted by atomic mass is 10.2. The summed E-state index contributed by atoms with van der Waals surface area (Å²) >= 11 is 1.41. The Bertz CT molecular complexity index is 705. The molecule has 0 saturated carbocycles.